The Morgan fingerprint density at radius 2 is 2.19 bits per heavy atom. The average Bonchev–Trinajstić information content (AvgIpc) is 3.05. The van der Waals surface area contributed by atoms with Crippen LogP contribution in [0.1, 0.15) is 34.8 Å². The summed E-state index contributed by atoms with van der Waals surface area (Å²) in [5.74, 6) is 0.211. The lowest BCUT2D eigenvalue weighted by Gasteiger charge is -1.97. The lowest BCUT2D eigenvalue weighted by molar-refractivity contribution is 0.111. The minimum atomic E-state index is -0.238. The van der Waals surface area contributed by atoms with Gasteiger partial charge in [0.2, 0.25) is 0 Å². The fourth-order valence-corrected chi connectivity index (χ4v) is 2.41. The number of fused-ring (bicyclic) bond motifs is 1. The Morgan fingerprint density at radius 3 is 2.81 bits per heavy atom. The number of aryl methyl sites for hydroxylation is 1. The molecule has 1 aliphatic rings. The Balaban J connectivity index is 2.41. The number of hydrogen-bond donors (Lipinski definition) is 0. The number of benzene rings is 1. The second-order valence-electron chi connectivity index (χ2n) is 4.41. The summed E-state index contributed by atoms with van der Waals surface area (Å²) < 4.78 is 15.1. The molecule has 1 aliphatic carbocycles. The Bertz CT molecular complexity index is 581. The van der Waals surface area contributed by atoms with Crippen molar-refractivity contribution in [3.63, 3.8) is 0 Å². The average molecular weight is 217 g/mol. The van der Waals surface area contributed by atoms with Crippen LogP contribution in [0.25, 0.3) is 10.9 Å². The lowest BCUT2D eigenvalue weighted by atomic mass is 10.1. The molecule has 1 fully saturated rings. The van der Waals surface area contributed by atoms with Crippen LogP contribution in [-0.2, 0) is 7.05 Å². The van der Waals surface area contributed by atoms with Gasteiger partial charge in [-0.15, -0.1) is 0 Å². The van der Waals surface area contributed by atoms with Crippen molar-refractivity contribution in [2.24, 2.45) is 7.05 Å². The molecule has 2 aromatic rings. The lowest BCUT2D eigenvalue weighted by Crippen LogP contribution is -1.96. The van der Waals surface area contributed by atoms with E-state index in [0.717, 1.165) is 35.6 Å². The van der Waals surface area contributed by atoms with Crippen molar-refractivity contribution in [3.8, 4) is 0 Å². The molecule has 16 heavy (non-hydrogen) atoms. The molecule has 1 aromatic heterocycles. The van der Waals surface area contributed by atoms with Crippen LogP contribution in [0.3, 0.4) is 0 Å². The van der Waals surface area contributed by atoms with Gasteiger partial charge in [0.05, 0.1) is 5.69 Å². The zero-order chi connectivity index (χ0) is 11.3. The van der Waals surface area contributed by atoms with Gasteiger partial charge in [-0.2, -0.15) is 0 Å². The first-order valence-electron chi connectivity index (χ1n) is 5.45. The van der Waals surface area contributed by atoms with E-state index in [1.54, 1.807) is 6.07 Å². The van der Waals surface area contributed by atoms with Gasteiger partial charge in [0.15, 0.2) is 6.29 Å². The summed E-state index contributed by atoms with van der Waals surface area (Å²) in [6, 6.07) is 4.72. The Kier molecular flexibility index (Phi) is 1.90. The highest BCUT2D eigenvalue weighted by atomic mass is 19.1. The molecule has 0 atom stereocenters. The van der Waals surface area contributed by atoms with Gasteiger partial charge in [-0.1, -0.05) is 0 Å². The van der Waals surface area contributed by atoms with E-state index in [4.69, 9.17) is 0 Å². The summed E-state index contributed by atoms with van der Waals surface area (Å²) in [4.78, 5) is 11.1. The van der Waals surface area contributed by atoms with Gasteiger partial charge in [-0.05, 0) is 42.5 Å². The molecule has 0 radical (unpaired) electrons. The molecule has 3 heteroatoms. The molecule has 2 nitrogen and oxygen atoms in total. The van der Waals surface area contributed by atoms with E-state index < -0.39 is 0 Å². The van der Waals surface area contributed by atoms with E-state index in [2.05, 4.69) is 0 Å². The summed E-state index contributed by atoms with van der Waals surface area (Å²) in [5, 5.41) is 0.895. The highest BCUT2D eigenvalue weighted by Crippen LogP contribution is 2.45. The third-order valence-electron chi connectivity index (χ3n) is 3.34. The van der Waals surface area contributed by atoms with Crippen LogP contribution >= 0.6 is 0 Å². The van der Waals surface area contributed by atoms with E-state index >= 15 is 0 Å². The van der Waals surface area contributed by atoms with Crippen molar-refractivity contribution >= 4 is 17.2 Å². The first kappa shape index (κ1) is 9.58. The summed E-state index contributed by atoms with van der Waals surface area (Å²) in [6.45, 7) is 0. The van der Waals surface area contributed by atoms with Gasteiger partial charge in [0.25, 0.3) is 0 Å². The summed E-state index contributed by atoms with van der Waals surface area (Å²) in [5.41, 5.74) is 2.67. The summed E-state index contributed by atoms with van der Waals surface area (Å²) >= 11 is 0. The maximum absolute atomic E-state index is 13.2. The Labute approximate surface area is 92.7 Å². The Hall–Kier alpha value is -1.64. The largest absolute Gasteiger partial charge is 0.341 e. The first-order valence-corrected chi connectivity index (χ1v) is 5.45. The topological polar surface area (TPSA) is 22.0 Å². The number of aromatic nitrogens is 1. The quantitative estimate of drug-likeness (QED) is 0.709. The van der Waals surface area contributed by atoms with Crippen LogP contribution in [0.2, 0.25) is 0 Å². The van der Waals surface area contributed by atoms with E-state index in [1.165, 1.54) is 12.1 Å². The van der Waals surface area contributed by atoms with Gasteiger partial charge in [-0.25, -0.2) is 4.39 Å². The summed E-state index contributed by atoms with van der Waals surface area (Å²) in [7, 11) is 1.86. The predicted molar refractivity (Wildman–Crippen MR) is 60.2 cm³/mol. The maximum atomic E-state index is 13.2. The molecular formula is C13H12FNO. The van der Waals surface area contributed by atoms with Crippen LogP contribution in [-0.4, -0.2) is 10.9 Å². The molecule has 1 aromatic carbocycles. The third kappa shape index (κ3) is 1.21. The van der Waals surface area contributed by atoms with Crippen molar-refractivity contribution in [1.82, 2.24) is 4.57 Å². The van der Waals surface area contributed by atoms with Crippen molar-refractivity contribution in [1.29, 1.82) is 0 Å². The molecule has 0 saturated heterocycles. The van der Waals surface area contributed by atoms with Crippen LogP contribution in [0.4, 0.5) is 4.39 Å². The fraction of sp³-hybridized carbons (Fsp3) is 0.308. The minimum absolute atomic E-state index is 0.238. The minimum Gasteiger partial charge on any atom is -0.341 e. The molecule has 0 amide bonds. The van der Waals surface area contributed by atoms with E-state index in [9.17, 15) is 9.18 Å². The second-order valence-corrected chi connectivity index (χ2v) is 4.41. The standard InChI is InChI=1S/C13H12FNO/c1-15-11-5-4-9(14)6-10(11)13(8-2-3-8)12(15)7-16/h4-8H,2-3H2,1H3. The normalized spacial score (nSPS) is 15.6. The Morgan fingerprint density at radius 1 is 1.44 bits per heavy atom. The van der Waals surface area contributed by atoms with E-state index in [0.29, 0.717) is 11.6 Å². The third-order valence-corrected chi connectivity index (χ3v) is 3.34. The van der Waals surface area contributed by atoms with Crippen LogP contribution < -0.4 is 0 Å². The van der Waals surface area contributed by atoms with Crippen LogP contribution in [0.15, 0.2) is 18.2 Å². The van der Waals surface area contributed by atoms with Gasteiger partial charge < -0.3 is 4.57 Å². The van der Waals surface area contributed by atoms with Gasteiger partial charge in [0, 0.05) is 18.0 Å². The smallest absolute Gasteiger partial charge is 0.166 e. The van der Waals surface area contributed by atoms with Crippen molar-refractivity contribution < 1.29 is 9.18 Å². The molecule has 1 heterocycles. The fourth-order valence-electron chi connectivity index (χ4n) is 2.41. The maximum Gasteiger partial charge on any atom is 0.166 e. The van der Waals surface area contributed by atoms with E-state index in [-0.39, 0.29) is 5.82 Å². The first-order chi connectivity index (χ1) is 7.72. The predicted octanol–water partition coefficient (Wildman–Crippen LogP) is 3.01. The monoisotopic (exact) mass is 217 g/mol. The van der Waals surface area contributed by atoms with Gasteiger partial charge >= 0.3 is 0 Å². The zero-order valence-electron chi connectivity index (χ0n) is 9.03. The number of carbonyl (C=O) groups excluding carboxylic acids is 1. The number of nitrogens with zero attached hydrogens (tertiary/aromatic N) is 1. The highest BCUT2D eigenvalue weighted by Gasteiger charge is 2.30. The molecule has 0 bridgehead atoms. The van der Waals surface area contributed by atoms with Crippen molar-refractivity contribution in [3.05, 3.63) is 35.3 Å². The van der Waals surface area contributed by atoms with Gasteiger partial charge in [-0.3, -0.25) is 4.79 Å². The summed E-state index contributed by atoms with van der Waals surface area (Å²) in [6.07, 6.45) is 3.10. The highest BCUT2D eigenvalue weighted by molar-refractivity contribution is 5.94. The second kappa shape index (κ2) is 3.17. The van der Waals surface area contributed by atoms with Gasteiger partial charge in [0.1, 0.15) is 5.82 Å². The van der Waals surface area contributed by atoms with E-state index in [1.807, 2.05) is 11.6 Å². The van der Waals surface area contributed by atoms with Crippen molar-refractivity contribution in [2.75, 3.05) is 0 Å². The zero-order valence-corrected chi connectivity index (χ0v) is 9.03. The number of aldehydes is 1. The molecule has 0 spiro atoms. The van der Waals surface area contributed by atoms with Crippen LogP contribution in [0, 0.1) is 5.82 Å². The number of carbonyl (C=O) groups is 1. The molecule has 0 aliphatic heterocycles. The number of halogens is 1. The molecule has 1 saturated carbocycles. The molecule has 0 N–H and O–H groups in total. The number of rotatable bonds is 2. The van der Waals surface area contributed by atoms with Crippen molar-refractivity contribution in [2.45, 2.75) is 18.8 Å². The SMILES string of the molecule is Cn1c(C=O)c(C2CC2)c2cc(F)ccc21. The van der Waals surface area contributed by atoms with Crippen LogP contribution in [0.5, 0.6) is 0 Å². The molecule has 3 rings (SSSR count). The molecule has 0 unspecified atom stereocenters. The molecular weight excluding hydrogens is 205 g/mol. The molecule has 82 valence electrons. The number of hydrogen-bond acceptors (Lipinski definition) is 1.